The molecular formula is C14H20BrNO2. The summed E-state index contributed by atoms with van der Waals surface area (Å²) in [4.78, 5) is 0. The number of rotatable bonds is 3. The molecule has 0 spiro atoms. The van der Waals surface area contributed by atoms with Crippen molar-refractivity contribution in [3.63, 3.8) is 0 Å². The van der Waals surface area contributed by atoms with Crippen molar-refractivity contribution in [3.05, 3.63) is 28.2 Å². The number of hydrogen-bond acceptors (Lipinski definition) is 3. The molecule has 2 rings (SSSR count). The van der Waals surface area contributed by atoms with Crippen molar-refractivity contribution < 1.29 is 9.84 Å². The van der Waals surface area contributed by atoms with Crippen LogP contribution in [0, 0.1) is 0 Å². The number of halogens is 1. The van der Waals surface area contributed by atoms with E-state index in [0.29, 0.717) is 12.8 Å². The van der Waals surface area contributed by atoms with Gasteiger partial charge in [0.15, 0.2) is 0 Å². The maximum atomic E-state index is 10.7. The number of aliphatic hydroxyl groups is 1. The average Bonchev–Trinajstić information content (AvgIpc) is 2.28. The summed E-state index contributed by atoms with van der Waals surface area (Å²) in [6.45, 7) is 0. The molecule has 0 saturated heterocycles. The summed E-state index contributed by atoms with van der Waals surface area (Å²) in [6.07, 6.45) is 4.09. The Labute approximate surface area is 116 Å². The first-order valence-electron chi connectivity index (χ1n) is 6.33. The topological polar surface area (TPSA) is 55.5 Å². The number of hydrogen-bond donors (Lipinski definition) is 2. The average molecular weight is 314 g/mol. The zero-order valence-corrected chi connectivity index (χ0v) is 12.2. The Morgan fingerprint density at radius 2 is 2.33 bits per heavy atom. The number of benzene rings is 1. The highest BCUT2D eigenvalue weighted by molar-refractivity contribution is 9.10. The van der Waals surface area contributed by atoms with Gasteiger partial charge in [-0.05, 0) is 49.4 Å². The summed E-state index contributed by atoms with van der Waals surface area (Å²) in [5.74, 6) is 0.825. The van der Waals surface area contributed by atoms with Crippen molar-refractivity contribution in [2.24, 2.45) is 5.73 Å². The summed E-state index contributed by atoms with van der Waals surface area (Å²) in [5, 5.41) is 10.7. The molecule has 1 aliphatic carbocycles. The quantitative estimate of drug-likeness (QED) is 0.902. The summed E-state index contributed by atoms with van der Waals surface area (Å²) >= 11 is 3.46. The van der Waals surface area contributed by atoms with Gasteiger partial charge in [-0.3, -0.25) is 0 Å². The van der Waals surface area contributed by atoms with Gasteiger partial charge >= 0.3 is 0 Å². The molecule has 0 amide bonds. The lowest BCUT2D eigenvalue weighted by Gasteiger charge is -2.35. The Morgan fingerprint density at radius 3 is 3.00 bits per heavy atom. The monoisotopic (exact) mass is 313 g/mol. The van der Waals surface area contributed by atoms with Gasteiger partial charge in [0.2, 0.25) is 0 Å². The number of nitrogens with two attached hydrogens (primary N) is 1. The normalized spacial score (nSPS) is 28.1. The number of methoxy groups -OCH3 is 1. The third kappa shape index (κ3) is 3.25. The van der Waals surface area contributed by atoms with Gasteiger partial charge in [-0.2, -0.15) is 0 Å². The molecule has 0 radical (unpaired) electrons. The summed E-state index contributed by atoms with van der Waals surface area (Å²) in [7, 11) is 1.66. The molecule has 3 N–H and O–H groups in total. The van der Waals surface area contributed by atoms with E-state index in [1.807, 2.05) is 18.2 Å². The third-order valence-corrected chi connectivity index (χ3v) is 4.11. The Morgan fingerprint density at radius 1 is 1.56 bits per heavy atom. The van der Waals surface area contributed by atoms with E-state index < -0.39 is 5.60 Å². The minimum Gasteiger partial charge on any atom is -0.496 e. The van der Waals surface area contributed by atoms with Crippen LogP contribution in [0.1, 0.15) is 31.2 Å². The van der Waals surface area contributed by atoms with Crippen LogP contribution in [0.15, 0.2) is 22.7 Å². The van der Waals surface area contributed by atoms with Crippen molar-refractivity contribution in [3.8, 4) is 5.75 Å². The van der Waals surface area contributed by atoms with Crippen LogP contribution >= 0.6 is 15.9 Å². The Balaban J connectivity index is 2.19. The second-order valence-corrected chi connectivity index (χ2v) is 6.13. The van der Waals surface area contributed by atoms with Gasteiger partial charge in [0.25, 0.3) is 0 Å². The Hall–Kier alpha value is -0.580. The maximum absolute atomic E-state index is 10.7. The Kier molecular flexibility index (Phi) is 4.30. The van der Waals surface area contributed by atoms with Crippen molar-refractivity contribution in [1.29, 1.82) is 0 Å². The first-order chi connectivity index (χ1) is 8.52. The summed E-state index contributed by atoms with van der Waals surface area (Å²) in [5.41, 5.74) is 6.31. The largest absolute Gasteiger partial charge is 0.496 e. The van der Waals surface area contributed by atoms with E-state index in [-0.39, 0.29) is 6.04 Å². The molecular weight excluding hydrogens is 294 g/mol. The fraction of sp³-hybridized carbons (Fsp3) is 0.571. The standard InChI is InChI=1S/C14H20BrNO2/c1-18-13-5-4-11(15)7-10(13)8-14(17)6-2-3-12(16)9-14/h4-5,7,12,17H,2-3,6,8-9,16H2,1H3. The lowest BCUT2D eigenvalue weighted by atomic mass is 9.78. The Bertz CT molecular complexity index is 424. The van der Waals surface area contributed by atoms with E-state index >= 15 is 0 Å². The van der Waals surface area contributed by atoms with Crippen LogP contribution in [-0.2, 0) is 6.42 Å². The third-order valence-electron chi connectivity index (χ3n) is 3.62. The van der Waals surface area contributed by atoms with Gasteiger partial charge in [-0.25, -0.2) is 0 Å². The van der Waals surface area contributed by atoms with Crippen LogP contribution < -0.4 is 10.5 Å². The highest BCUT2D eigenvalue weighted by atomic mass is 79.9. The van der Waals surface area contributed by atoms with Crippen LogP contribution in [-0.4, -0.2) is 23.9 Å². The molecule has 0 aromatic heterocycles. The highest BCUT2D eigenvalue weighted by Crippen LogP contribution is 2.34. The van der Waals surface area contributed by atoms with Crippen molar-refractivity contribution in [1.82, 2.24) is 0 Å². The second-order valence-electron chi connectivity index (χ2n) is 5.21. The molecule has 4 heteroatoms. The maximum Gasteiger partial charge on any atom is 0.122 e. The van der Waals surface area contributed by atoms with Crippen molar-refractivity contribution in [2.45, 2.75) is 43.7 Å². The first kappa shape index (κ1) is 13.8. The van der Waals surface area contributed by atoms with E-state index in [0.717, 1.165) is 35.0 Å². The molecule has 3 nitrogen and oxygen atoms in total. The molecule has 18 heavy (non-hydrogen) atoms. The molecule has 2 unspecified atom stereocenters. The van der Waals surface area contributed by atoms with Crippen LogP contribution in [0.25, 0.3) is 0 Å². The second kappa shape index (κ2) is 5.59. The van der Waals surface area contributed by atoms with Crippen LogP contribution in [0.3, 0.4) is 0 Å². The first-order valence-corrected chi connectivity index (χ1v) is 7.12. The van der Waals surface area contributed by atoms with Gasteiger partial charge in [0, 0.05) is 16.9 Å². The molecule has 100 valence electrons. The fourth-order valence-electron chi connectivity index (χ4n) is 2.79. The van der Waals surface area contributed by atoms with Gasteiger partial charge in [0.1, 0.15) is 5.75 Å². The van der Waals surface area contributed by atoms with Crippen LogP contribution in [0.5, 0.6) is 5.75 Å². The molecule has 1 aromatic rings. The molecule has 0 heterocycles. The van der Waals surface area contributed by atoms with E-state index in [2.05, 4.69) is 15.9 Å². The van der Waals surface area contributed by atoms with Gasteiger partial charge in [-0.15, -0.1) is 0 Å². The van der Waals surface area contributed by atoms with Gasteiger partial charge < -0.3 is 15.6 Å². The molecule has 1 aromatic carbocycles. The van der Waals surface area contributed by atoms with Gasteiger partial charge in [-0.1, -0.05) is 15.9 Å². The zero-order valence-electron chi connectivity index (χ0n) is 10.7. The van der Waals surface area contributed by atoms with E-state index in [1.54, 1.807) is 7.11 Å². The smallest absolute Gasteiger partial charge is 0.122 e. The lowest BCUT2D eigenvalue weighted by molar-refractivity contribution is -0.00234. The van der Waals surface area contributed by atoms with E-state index in [4.69, 9.17) is 10.5 Å². The molecule has 0 aliphatic heterocycles. The summed E-state index contributed by atoms with van der Waals surface area (Å²) in [6, 6.07) is 5.99. The molecule has 1 fully saturated rings. The fourth-order valence-corrected chi connectivity index (χ4v) is 3.19. The van der Waals surface area contributed by atoms with Gasteiger partial charge in [0.05, 0.1) is 12.7 Å². The van der Waals surface area contributed by atoms with Crippen molar-refractivity contribution >= 4 is 15.9 Å². The van der Waals surface area contributed by atoms with Crippen molar-refractivity contribution in [2.75, 3.05) is 7.11 Å². The highest BCUT2D eigenvalue weighted by Gasteiger charge is 2.33. The van der Waals surface area contributed by atoms with Crippen LogP contribution in [0.4, 0.5) is 0 Å². The molecule has 0 bridgehead atoms. The van der Waals surface area contributed by atoms with E-state index in [9.17, 15) is 5.11 Å². The predicted octanol–water partition coefficient (Wildman–Crippen LogP) is 2.63. The van der Waals surface area contributed by atoms with E-state index in [1.165, 1.54) is 0 Å². The molecule has 2 atom stereocenters. The number of ether oxygens (including phenoxy) is 1. The minimum absolute atomic E-state index is 0.113. The zero-order chi connectivity index (χ0) is 13.2. The summed E-state index contributed by atoms with van der Waals surface area (Å²) < 4.78 is 6.35. The van der Waals surface area contributed by atoms with Crippen LogP contribution in [0.2, 0.25) is 0 Å². The molecule has 1 aliphatic rings. The lowest BCUT2D eigenvalue weighted by Crippen LogP contribution is -2.42. The minimum atomic E-state index is -0.689. The SMILES string of the molecule is COc1ccc(Br)cc1CC1(O)CCCC(N)C1. The molecule has 1 saturated carbocycles. The predicted molar refractivity (Wildman–Crippen MR) is 75.8 cm³/mol.